The summed E-state index contributed by atoms with van der Waals surface area (Å²) in [5.74, 6) is 0.431. The molecule has 7 N–H and O–H groups in total. The second kappa shape index (κ2) is 9.92. The lowest BCUT2D eigenvalue weighted by Crippen LogP contribution is -2.40. The summed E-state index contributed by atoms with van der Waals surface area (Å²) in [4.78, 5) is 16.1. The summed E-state index contributed by atoms with van der Waals surface area (Å²) in [7, 11) is 0. The van der Waals surface area contributed by atoms with Gasteiger partial charge in [0.15, 0.2) is 0 Å². The summed E-state index contributed by atoms with van der Waals surface area (Å²) in [5.41, 5.74) is 18.9. The molecule has 0 saturated carbocycles. The van der Waals surface area contributed by atoms with Gasteiger partial charge < -0.3 is 22.5 Å². The molecule has 0 unspecified atom stereocenters. The van der Waals surface area contributed by atoms with Gasteiger partial charge in [-0.05, 0) is 37.4 Å². The summed E-state index contributed by atoms with van der Waals surface area (Å²) in [5, 5.41) is 2.86. The van der Waals surface area contributed by atoms with Crippen LogP contribution < -0.4 is 22.5 Å². The minimum atomic E-state index is -0.473. The van der Waals surface area contributed by atoms with E-state index in [-0.39, 0.29) is 5.91 Å². The molecule has 6 nitrogen and oxygen atoms in total. The van der Waals surface area contributed by atoms with Crippen LogP contribution in [0.2, 0.25) is 0 Å². The maximum Gasteiger partial charge on any atom is 0.237 e. The molecule has 0 fully saturated rings. The van der Waals surface area contributed by atoms with Gasteiger partial charge in [-0.25, -0.2) is 0 Å². The Kier molecular flexibility index (Phi) is 8.17. The van der Waals surface area contributed by atoms with Crippen LogP contribution in [0.5, 0.6) is 0 Å². The number of nitrogens with two attached hydrogens (primary N) is 3. The van der Waals surface area contributed by atoms with Crippen molar-refractivity contribution < 1.29 is 4.79 Å². The molecule has 0 heterocycles. The smallest absolute Gasteiger partial charge is 0.237 e. The first-order valence-corrected chi connectivity index (χ1v) is 7.60. The van der Waals surface area contributed by atoms with Crippen molar-refractivity contribution in [3.63, 3.8) is 0 Å². The van der Waals surface area contributed by atoms with Crippen LogP contribution in [0.15, 0.2) is 29.3 Å². The second-order valence-electron chi connectivity index (χ2n) is 5.39. The van der Waals surface area contributed by atoms with E-state index in [1.165, 1.54) is 0 Å². The molecule has 0 aromatic heterocycles. The van der Waals surface area contributed by atoms with E-state index in [1.807, 2.05) is 24.3 Å². The molecule has 0 bridgehead atoms. The number of carbonyl (C=O) groups excluding carboxylic acids is 1. The molecule has 0 saturated heterocycles. The summed E-state index contributed by atoms with van der Waals surface area (Å²) < 4.78 is 0. The van der Waals surface area contributed by atoms with E-state index in [9.17, 15) is 4.79 Å². The van der Waals surface area contributed by atoms with Gasteiger partial charge in [0.1, 0.15) is 0 Å². The predicted molar refractivity (Wildman–Crippen MR) is 90.2 cm³/mol. The van der Waals surface area contributed by atoms with Crippen molar-refractivity contribution in [2.45, 2.75) is 45.3 Å². The number of hydrogen-bond donors (Lipinski definition) is 4. The number of nitrogens with one attached hydrogen (secondary N) is 1. The topological polar surface area (TPSA) is 120 Å². The van der Waals surface area contributed by atoms with Gasteiger partial charge in [0, 0.05) is 6.54 Å². The van der Waals surface area contributed by atoms with Gasteiger partial charge in [0.2, 0.25) is 5.91 Å². The van der Waals surface area contributed by atoms with Gasteiger partial charge in [-0.3, -0.25) is 9.79 Å². The number of nitrogens with zero attached hydrogens (tertiary/aromatic N) is 1. The van der Waals surface area contributed by atoms with Crippen LogP contribution in [-0.4, -0.2) is 24.3 Å². The lowest BCUT2D eigenvalue weighted by molar-refractivity contribution is -0.122. The minimum absolute atomic E-state index is 0.127. The molecular formula is C16H27N5O. The Bertz CT molecular complexity index is 497. The fourth-order valence-electron chi connectivity index (χ4n) is 2.01. The molecule has 0 aliphatic heterocycles. The number of amidine groups is 1. The van der Waals surface area contributed by atoms with Gasteiger partial charge in [-0.2, -0.15) is 0 Å². The third kappa shape index (κ3) is 7.19. The molecule has 122 valence electrons. The van der Waals surface area contributed by atoms with Crippen LogP contribution in [0, 0.1) is 0 Å². The molecule has 1 amide bonds. The van der Waals surface area contributed by atoms with E-state index in [1.54, 1.807) is 6.92 Å². The summed E-state index contributed by atoms with van der Waals surface area (Å²) in [6.07, 6.45) is 2.43. The normalized spacial score (nSPS) is 13.0. The Balaban J connectivity index is 2.45. The van der Waals surface area contributed by atoms with Crippen molar-refractivity contribution in [2.24, 2.45) is 22.2 Å². The fraction of sp³-hybridized carbons (Fsp3) is 0.500. The van der Waals surface area contributed by atoms with Crippen LogP contribution in [0.25, 0.3) is 0 Å². The van der Waals surface area contributed by atoms with Crippen LogP contribution in [-0.2, 0) is 17.9 Å². The quantitative estimate of drug-likeness (QED) is 0.304. The van der Waals surface area contributed by atoms with Crippen molar-refractivity contribution in [3.05, 3.63) is 35.4 Å². The molecule has 0 radical (unpaired) electrons. The number of amides is 1. The lowest BCUT2D eigenvalue weighted by Gasteiger charge is -2.12. The number of hydrogen-bond acceptors (Lipinski definition) is 4. The largest absolute Gasteiger partial charge is 0.388 e. The van der Waals surface area contributed by atoms with E-state index < -0.39 is 6.04 Å². The first-order chi connectivity index (χ1) is 10.5. The number of carbonyl (C=O) groups is 1. The molecule has 1 aromatic carbocycles. The molecule has 6 heteroatoms. The van der Waals surface area contributed by atoms with Crippen molar-refractivity contribution in [1.82, 2.24) is 5.32 Å². The van der Waals surface area contributed by atoms with E-state index >= 15 is 0 Å². The molecule has 0 spiro atoms. The van der Waals surface area contributed by atoms with Gasteiger partial charge in [0.25, 0.3) is 0 Å². The van der Waals surface area contributed by atoms with E-state index in [0.29, 0.717) is 31.9 Å². The van der Waals surface area contributed by atoms with Crippen LogP contribution in [0.4, 0.5) is 0 Å². The summed E-state index contributed by atoms with van der Waals surface area (Å²) >= 11 is 0. The highest BCUT2D eigenvalue weighted by atomic mass is 16.2. The zero-order valence-corrected chi connectivity index (χ0v) is 13.2. The zero-order valence-electron chi connectivity index (χ0n) is 13.2. The predicted octanol–water partition coefficient (Wildman–Crippen LogP) is 0.636. The fourth-order valence-corrected chi connectivity index (χ4v) is 2.01. The molecule has 1 atom stereocenters. The highest BCUT2D eigenvalue weighted by molar-refractivity contribution is 5.81. The Labute approximate surface area is 132 Å². The van der Waals surface area contributed by atoms with Crippen LogP contribution >= 0.6 is 0 Å². The first-order valence-electron chi connectivity index (χ1n) is 7.60. The standard InChI is InChI=1S/C16H27N5O/c1-12(18)20-10-13-5-4-6-14(9-13)11-21-16(22)15(19)7-2-3-8-17/h4-6,9,15H,2-3,7-8,10-11,17,19H2,1H3,(H2,18,20)(H,21,22)/t15-/m0/s1. The highest BCUT2D eigenvalue weighted by Gasteiger charge is 2.12. The second-order valence-corrected chi connectivity index (χ2v) is 5.39. The first kappa shape index (κ1) is 18.1. The van der Waals surface area contributed by atoms with E-state index in [4.69, 9.17) is 17.2 Å². The van der Waals surface area contributed by atoms with E-state index in [0.717, 1.165) is 24.0 Å². The lowest BCUT2D eigenvalue weighted by atomic mass is 10.1. The SMILES string of the molecule is CC(N)=NCc1cccc(CNC(=O)[C@@H](N)CCCCN)c1. The van der Waals surface area contributed by atoms with Crippen LogP contribution in [0.1, 0.15) is 37.3 Å². The maximum absolute atomic E-state index is 11.9. The number of rotatable bonds is 9. The Hall–Kier alpha value is -1.92. The summed E-state index contributed by atoms with van der Waals surface area (Å²) in [6, 6.07) is 7.42. The molecule has 0 aliphatic carbocycles. The van der Waals surface area contributed by atoms with Crippen LogP contribution in [0.3, 0.4) is 0 Å². The van der Waals surface area contributed by atoms with E-state index in [2.05, 4.69) is 10.3 Å². The number of benzene rings is 1. The Morgan fingerprint density at radius 1 is 1.32 bits per heavy atom. The molecule has 0 aliphatic rings. The number of unbranched alkanes of at least 4 members (excludes halogenated alkanes) is 1. The third-order valence-corrected chi connectivity index (χ3v) is 3.28. The average Bonchev–Trinajstić information content (AvgIpc) is 2.51. The highest BCUT2D eigenvalue weighted by Crippen LogP contribution is 2.07. The van der Waals surface area contributed by atoms with Crippen molar-refractivity contribution in [2.75, 3.05) is 6.54 Å². The van der Waals surface area contributed by atoms with Crippen molar-refractivity contribution >= 4 is 11.7 Å². The monoisotopic (exact) mass is 305 g/mol. The maximum atomic E-state index is 11.9. The molecule has 1 rings (SSSR count). The number of aliphatic imine (C=N–C) groups is 1. The van der Waals surface area contributed by atoms with Gasteiger partial charge >= 0.3 is 0 Å². The Morgan fingerprint density at radius 3 is 2.73 bits per heavy atom. The summed E-state index contributed by atoms with van der Waals surface area (Å²) in [6.45, 7) is 3.40. The molecular weight excluding hydrogens is 278 g/mol. The van der Waals surface area contributed by atoms with Crippen molar-refractivity contribution in [1.29, 1.82) is 0 Å². The molecule has 22 heavy (non-hydrogen) atoms. The average molecular weight is 305 g/mol. The van der Waals surface area contributed by atoms with Crippen molar-refractivity contribution in [3.8, 4) is 0 Å². The third-order valence-electron chi connectivity index (χ3n) is 3.28. The minimum Gasteiger partial charge on any atom is -0.388 e. The Morgan fingerprint density at radius 2 is 2.05 bits per heavy atom. The van der Waals surface area contributed by atoms with Gasteiger partial charge in [-0.1, -0.05) is 30.7 Å². The van der Waals surface area contributed by atoms with Gasteiger partial charge in [-0.15, -0.1) is 0 Å². The van der Waals surface area contributed by atoms with Gasteiger partial charge in [0.05, 0.1) is 18.4 Å². The molecule has 1 aromatic rings. The zero-order chi connectivity index (χ0) is 16.4.